The zero-order chi connectivity index (χ0) is 27.9. The van der Waals surface area contributed by atoms with E-state index < -0.39 is 0 Å². The van der Waals surface area contributed by atoms with Crippen LogP contribution in [0.3, 0.4) is 0 Å². The normalized spacial score (nSPS) is 11.3. The molecule has 3 nitrogen and oxygen atoms in total. The van der Waals surface area contributed by atoms with Crippen LogP contribution < -0.4 is 4.90 Å². The molecule has 0 bridgehead atoms. The molecule has 8 aromatic rings. The molecule has 0 spiro atoms. The number of pyridine rings is 1. The number of anilines is 3. The zero-order valence-corrected chi connectivity index (χ0v) is 22.8. The smallest absolute Gasteiger partial charge is 0.153 e. The van der Waals surface area contributed by atoms with E-state index in [1.807, 2.05) is 6.07 Å². The molecular weight excluding hydrogens is 512 g/mol. The third-order valence-corrected chi connectivity index (χ3v) is 7.96. The molecule has 0 radical (unpaired) electrons. The Kier molecular flexibility index (Phi) is 5.79. The van der Waals surface area contributed by atoms with Crippen LogP contribution >= 0.6 is 0 Å². The van der Waals surface area contributed by atoms with Crippen molar-refractivity contribution in [3.05, 3.63) is 158 Å². The Labute approximate surface area is 243 Å². The van der Waals surface area contributed by atoms with Crippen LogP contribution in [0.5, 0.6) is 0 Å². The van der Waals surface area contributed by atoms with E-state index in [9.17, 15) is 0 Å². The van der Waals surface area contributed by atoms with Gasteiger partial charge in [-0.2, -0.15) is 0 Å². The number of nitrogens with zero attached hydrogens (tertiary/aromatic N) is 2. The van der Waals surface area contributed by atoms with Crippen molar-refractivity contribution in [1.29, 1.82) is 0 Å². The van der Waals surface area contributed by atoms with Crippen LogP contribution in [0.1, 0.15) is 0 Å². The molecule has 198 valence electrons. The van der Waals surface area contributed by atoms with Gasteiger partial charge in [-0.15, -0.1) is 0 Å². The van der Waals surface area contributed by atoms with Gasteiger partial charge in [-0.25, -0.2) is 0 Å². The van der Waals surface area contributed by atoms with E-state index >= 15 is 0 Å². The molecule has 2 heterocycles. The second-order valence-electron chi connectivity index (χ2n) is 10.5. The molecule has 0 aliphatic carbocycles. The fourth-order valence-corrected chi connectivity index (χ4v) is 5.81. The Hall–Kier alpha value is -5.67. The summed E-state index contributed by atoms with van der Waals surface area (Å²) in [6.45, 7) is 0. The SMILES string of the molecule is c1ccc(N(c2ccc(-c3ccc4ccccc4c3)cc2)c2ccc(-c3ccc4c(c3)oc3cnccc34)cc2)cc1. The third kappa shape index (κ3) is 4.29. The van der Waals surface area contributed by atoms with Gasteiger partial charge >= 0.3 is 0 Å². The molecule has 0 aliphatic heterocycles. The summed E-state index contributed by atoms with van der Waals surface area (Å²) < 4.78 is 6.08. The number of furan rings is 1. The largest absolute Gasteiger partial charge is 0.454 e. The molecule has 0 saturated heterocycles. The molecule has 0 N–H and O–H groups in total. The van der Waals surface area contributed by atoms with Gasteiger partial charge in [-0.1, -0.05) is 84.9 Å². The second kappa shape index (κ2) is 10.1. The van der Waals surface area contributed by atoms with E-state index in [0.29, 0.717) is 0 Å². The van der Waals surface area contributed by atoms with Crippen molar-refractivity contribution in [2.45, 2.75) is 0 Å². The summed E-state index contributed by atoms with van der Waals surface area (Å²) in [6.07, 6.45) is 3.58. The van der Waals surface area contributed by atoms with Crippen molar-refractivity contribution in [1.82, 2.24) is 4.98 Å². The van der Waals surface area contributed by atoms with Gasteiger partial charge in [0, 0.05) is 34.0 Å². The Bertz CT molecular complexity index is 2180. The highest BCUT2D eigenvalue weighted by Gasteiger charge is 2.14. The quantitative estimate of drug-likeness (QED) is 0.218. The predicted molar refractivity (Wildman–Crippen MR) is 175 cm³/mol. The minimum atomic E-state index is 0.810. The lowest BCUT2D eigenvalue weighted by Crippen LogP contribution is -2.09. The number of rotatable bonds is 5. The predicted octanol–water partition coefficient (Wildman–Crippen LogP) is 10.9. The van der Waals surface area contributed by atoms with Gasteiger partial charge in [-0.05, 0) is 93.7 Å². The van der Waals surface area contributed by atoms with Gasteiger partial charge in [0.2, 0.25) is 0 Å². The van der Waals surface area contributed by atoms with Gasteiger partial charge in [0.1, 0.15) is 5.58 Å². The number of hydrogen-bond acceptors (Lipinski definition) is 3. The Morgan fingerprint density at radius 2 is 1.00 bits per heavy atom. The van der Waals surface area contributed by atoms with E-state index in [-0.39, 0.29) is 0 Å². The molecule has 0 atom stereocenters. The average molecular weight is 539 g/mol. The molecule has 0 fully saturated rings. The van der Waals surface area contributed by atoms with Crippen LogP contribution in [-0.4, -0.2) is 4.98 Å². The molecule has 42 heavy (non-hydrogen) atoms. The molecular formula is C39H26N2O. The fourth-order valence-electron chi connectivity index (χ4n) is 5.81. The van der Waals surface area contributed by atoms with E-state index in [1.54, 1.807) is 12.4 Å². The highest BCUT2D eigenvalue weighted by atomic mass is 16.3. The first-order valence-corrected chi connectivity index (χ1v) is 14.1. The maximum absolute atomic E-state index is 6.08. The molecule has 0 unspecified atom stereocenters. The second-order valence-corrected chi connectivity index (χ2v) is 10.5. The number of para-hydroxylation sites is 1. The number of benzene rings is 6. The van der Waals surface area contributed by atoms with Gasteiger partial charge in [0.05, 0.1) is 6.20 Å². The maximum Gasteiger partial charge on any atom is 0.153 e. The van der Waals surface area contributed by atoms with Crippen LogP contribution in [0.15, 0.2) is 162 Å². The van der Waals surface area contributed by atoms with E-state index in [0.717, 1.165) is 50.1 Å². The van der Waals surface area contributed by atoms with Gasteiger partial charge in [0.15, 0.2) is 5.58 Å². The van der Waals surface area contributed by atoms with Crippen LogP contribution in [-0.2, 0) is 0 Å². The first-order valence-electron chi connectivity index (χ1n) is 14.1. The van der Waals surface area contributed by atoms with Crippen molar-refractivity contribution in [2.75, 3.05) is 4.90 Å². The lowest BCUT2D eigenvalue weighted by atomic mass is 10.0. The highest BCUT2D eigenvalue weighted by molar-refractivity contribution is 6.05. The van der Waals surface area contributed by atoms with Crippen LogP contribution in [0.2, 0.25) is 0 Å². The Morgan fingerprint density at radius 1 is 0.429 bits per heavy atom. The van der Waals surface area contributed by atoms with E-state index in [4.69, 9.17) is 4.42 Å². The van der Waals surface area contributed by atoms with Crippen molar-refractivity contribution in [3.8, 4) is 22.3 Å². The molecule has 8 rings (SSSR count). The summed E-state index contributed by atoms with van der Waals surface area (Å²) in [6, 6.07) is 51.6. The molecule has 0 saturated carbocycles. The topological polar surface area (TPSA) is 29.3 Å². The summed E-state index contributed by atoms with van der Waals surface area (Å²) in [5.74, 6) is 0. The zero-order valence-electron chi connectivity index (χ0n) is 22.8. The van der Waals surface area contributed by atoms with Crippen LogP contribution in [0, 0.1) is 0 Å². The van der Waals surface area contributed by atoms with Crippen LogP contribution in [0.25, 0.3) is 55.0 Å². The molecule has 0 amide bonds. The highest BCUT2D eigenvalue weighted by Crippen LogP contribution is 2.38. The summed E-state index contributed by atoms with van der Waals surface area (Å²) >= 11 is 0. The van der Waals surface area contributed by atoms with Gasteiger partial charge in [-0.3, -0.25) is 4.98 Å². The van der Waals surface area contributed by atoms with Crippen molar-refractivity contribution >= 4 is 49.8 Å². The standard InChI is InChI=1S/C39H26N2O/c1-2-8-33(9-3-1)41(34-17-12-28(13-18-34)31-11-10-27-6-4-5-7-30(27)24-31)35-19-14-29(15-20-35)32-16-21-36-37-22-23-40-26-39(37)42-38(36)25-32/h1-26H. The monoisotopic (exact) mass is 538 g/mol. The molecule has 0 aliphatic rings. The number of aromatic nitrogens is 1. The molecule has 2 aromatic heterocycles. The summed E-state index contributed by atoms with van der Waals surface area (Å²) in [5.41, 5.74) is 9.67. The van der Waals surface area contributed by atoms with E-state index in [2.05, 4.69) is 149 Å². The lowest BCUT2D eigenvalue weighted by Gasteiger charge is -2.26. The Balaban J connectivity index is 1.14. The van der Waals surface area contributed by atoms with Crippen LogP contribution in [0.4, 0.5) is 17.1 Å². The first kappa shape index (κ1) is 24.2. The number of fused-ring (bicyclic) bond motifs is 4. The first-order chi connectivity index (χ1) is 20.8. The summed E-state index contributed by atoms with van der Waals surface area (Å²) in [5, 5.41) is 4.70. The fraction of sp³-hybridized carbons (Fsp3) is 0. The van der Waals surface area contributed by atoms with Crippen molar-refractivity contribution in [2.24, 2.45) is 0 Å². The molecule has 3 heteroatoms. The number of hydrogen-bond donors (Lipinski definition) is 0. The third-order valence-electron chi connectivity index (χ3n) is 7.96. The van der Waals surface area contributed by atoms with Gasteiger partial charge < -0.3 is 9.32 Å². The summed E-state index contributed by atoms with van der Waals surface area (Å²) in [7, 11) is 0. The Morgan fingerprint density at radius 3 is 1.74 bits per heavy atom. The lowest BCUT2D eigenvalue weighted by molar-refractivity contribution is 0.667. The molecule has 6 aromatic carbocycles. The van der Waals surface area contributed by atoms with Crippen molar-refractivity contribution in [3.63, 3.8) is 0 Å². The average Bonchev–Trinajstić information content (AvgIpc) is 3.44. The van der Waals surface area contributed by atoms with E-state index in [1.165, 1.54) is 21.9 Å². The maximum atomic E-state index is 6.08. The van der Waals surface area contributed by atoms with Gasteiger partial charge in [0.25, 0.3) is 0 Å². The minimum Gasteiger partial charge on any atom is -0.454 e. The van der Waals surface area contributed by atoms with Crippen molar-refractivity contribution < 1.29 is 4.42 Å². The minimum absolute atomic E-state index is 0.810. The summed E-state index contributed by atoms with van der Waals surface area (Å²) in [4.78, 5) is 6.49.